The number of hydrogen-bond acceptors (Lipinski definition) is 7. The van der Waals surface area contributed by atoms with Crippen molar-refractivity contribution in [3.8, 4) is 11.8 Å². The molecule has 0 saturated heterocycles. The third-order valence-electron chi connectivity index (χ3n) is 2.39. The van der Waals surface area contributed by atoms with Gasteiger partial charge in [-0.05, 0) is 44.8 Å². The summed E-state index contributed by atoms with van der Waals surface area (Å²) in [4.78, 5) is 12.0. The maximum Gasteiger partial charge on any atom is 0.323 e. The second-order valence-electron chi connectivity index (χ2n) is 3.82. The number of ether oxygens (including phenoxy) is 2. The minimum atomic E-state index is 0.0798. The van der Waals surface area contributed by atoms with Crippen molar-refractivity contribution >= 4 is 49.4 Å². The lowest BCUT2D eigenvalue weighted by molar-refractivity contribution is 0.312. The summed E-state index contributed by atoms with van der Waals surface area (Å²) in [5.74, 6) is 1.04. The Kier molecular flexibility index (Phi) is 5.18. The molecule has 2 aromatic rings. The zero-order valence-electron chi connectivity index (χ0n) is 11.4. The number of benzene rings is 1. The summed E-state index contributed by atoms with van der Waals surface area (Å²) in [6.07, 6.45) is 0. The van der Waals surface area contributed by atoms with E-state index in [2.05, 4.69) is 52.1 Å². The van der Waals surface area contributed by atoms with Crippen molar-refractivity contribution in [3.63, 3.8) is 0 Å². The quantitative estimate of drug-likeness (QED) is 0.769. The number of nitrogens with one attached hydrogen (secondary N) is 1. The molecule has 0 unspecified atom stereocenters. The molecule has 0 fully saturated rings. The van der Waals surface area contributed by atoms with Gasteiger partial charge in [0, 0.05) is 10.5 Å². The van der Waals surface area contributed by atoms with E-state index in [0.717, 1.165) is 14.6 Å². The summed E-state index contributed by atoms with van der Waals surface area (Å²) in [5, 5.41) is 3.04. The molecule has 0 aliphatic carbocycles. The molecule has 0 bridgehead atoms. The van der Waals surface area contributed by atoms with Gasteiger partial charge in [0.2, 0.25) is 11.9 Å². The number of nitrogens with zero attached hydrogens (tertiary/aromatic N) is 3. The average molecular weight is 419 g/mol. The molecular formula is C12H13Br2N5O2. The SMILES string of the molecule is CCOc1nc(N)nc(Nc2cc(OC)c(Br)cc2Br)n1. The molecule has 1 heterocycles. The van der Waals surface area contributed by atoms with Crippen LogP contribution in [0.2, 0.25) is 0 Å². The number of rotatable bonds is 5. The Labute approximate surface area is 138 Å². The van der Waals surface area contributed by atoms with E-state index in [0.29, 0.717) is 12.4 Å². The second kappa shape index (κ2) is 6.90. The minimum absolute atomic E-state index is 0.0798. The van der Waals surface area contributed by atoms with Crippen molar-refractivity contribution in [2.24, 2.45) is 0 Å². The second-order valence-corrected chi connectivity index (χ2v) is 5.53. The lowest BCUT2D eigenvalue weighted by Gasteiger charge is -2.11. The molecule has 0 atom stereocenters. The predicted octanol–water partition coefficient (Wildman–Crippen LogP) is 3.13. The van der Waals surface area contributed by atoms with Crippen LogP contribution in [-0.4, -0.2) is 28.7 Å². The molecule has 0 radical (unpaired) electrons. The number of aromatic nitrogens is 3. The topological polar surface area (TPSA) is 95.2 Å². The van der Waals surface area contributed by atoms with E-state index in [1.54, 1.807) is 13.2 Å². The highest BCUT2D eigenvalue weighted by Crippen LogP contribution is 2.35. The monoisotopic (exact) mass is 417 g/mol. The molecule has 0 aliphatic heterocycles. The van der Waals surface area contributed by atoms with Gasteiger partial charge in [0.05, 0.1) is 23.9 Å². The predicted molar refractivity (Wildman–Crippen MR) is 87.1 cm³/mol. The molecule has 2 rings (SSSR count). The van der Waals surface area contributed by atoms with Crippen LogP contribution >= 0.6 is 31.9 Å². The molecule has 3 N–H and O–H groups in total. The molecule has 0 saturated carbocycles. The fourth-order valence-electron chi connectivity index (χ4n) is 1.52. The summed E-state index contributed by atoms with van der Waals surface area (Å²) >= 11 is 6.86. The maximum atomic E-state index is 5.64. The Morgan fingerprint density at radius 3 is 2.62 bits per heavy atom. The van der Waals surface area contributed by atoms with Gasteiger partial charge in [-0.2, -0.15) is 15.0 Å². The first-order valence-corrected chi connectivity index (χ1v) is 7.56. The molecule has 21 heavy (non-hydrogen) atoms. The number of halogens is 2. The molecule has 1 aromatic heterocycles. The van der Waals surface area contributed by atoms with Crippen LogP contribution in [0.1, 0.15) is 6.92 Å². The number of anilines is 3. The molecular weight excluding hydrogens is 406 g/mol. The fourth-order valence-corrected chi connectivity index (χ4v) is 2.78. The van der Waals surface area contributed by atoms with Crippen molar-refractivity contribution in [2.45, 2.75) is 6.92 Å². The lowest BCUT2D eigenvalue weighted by Crippen LogP contribution is -2.07. The van der Waals surface area contributed by atoms with Crippen molar-refractivity contribution in [3.05, 3.63) is 21.1 Å². The summed E-state index contributed by atoms with van der Waals surface area (Å²) in [6.45, 7) is 2.28. The van der Waals surface area contributed by atoms with Crippen LogP contribution in [-0.2, 0) is 0 Å². The largest absolute Gasteiger partial charge is 0.495 e. The number of hydrogen-bond donors (Lipinski definition) is 2. The van der Waals surface area contributed by atoms with E-state index < -0.39 is 0 Å². The van der Waals surface area contributed by atoms with Crippen molar-refractivity contribution in [1.82, 2.24) is 15.0 Å². The summed E-state index contributed by atoms with van der Waals surface area (Å²) in [6, 6.07) is 3.83. The Morgan fingerprint density at radius 2 is 1.95 bits per heavy atom. The van der Waals surface area contributed by atoms with Gasteiger partial charge in [0.15, 0.2) is 0 Å². The first kappa shape index (κ1) is 15.8. The standard InChI is InChI=1S/C12H13Br2N5O2/c1-3-21-12-18-10(15)17-11(19-12)16-8-5-9(20-2)7(14)4-6(8)13/h4-5H,3H2,1-2H3,(H3,15,16,17,18,19). The molecule has 1 aromatic carbocycles. The van der Waals surface area contributed by atoms with E-state index in [4.69, 9.17) is 15.2 Å². The molecule has 0 amide bonds. The van der Waals surface area contributed by atoms with Crippen LogP contribution in [0.3, 0.4) is 0 Å². The minimum Gasteiger partial charge on any atom is -0.495 e. The maximum absolute atomic E-state index is 5.64. The van der Waals surface area contributed by atoms with Gasteiger partial charge < -0.3 is 20.5 Å². The highest BCUT2D eigenvalue weighted by atomic mass is 79.9. The van der Waals surface area contributed by atoms with Crippen LogP contribution in [0.15, 0.2) is 21.1 Å². The Hall–Kier alpha value is -1.61. The average Bonchev–Trinajstić information content (AvgIpc) is 2.41. The van der Waals surface area contributed by atoms with Gasteiger partial charge in [-0.3, -0.25) is 0 Å². The first-order chi connectivity index (χ1) is 10.0. The van der Waals surface area contributed by atoms with Gasteiger partial charge in [0.1, 0.15) is 5.75 Å². The third kappa shape index (κ3) is 3.94. The van der Waals surface area contributed by atoms with Crippen molar-refractivity contribution in [1.29, 1.82) is 0 Å². The van der Waals surface area contributed by atoms with Crippen LogP contribution in [0, 0.1) is 0 Å². The zero-order chi connectivity index (χ0) is 15.4. The van der Waals surface area contributed by atoms with E-state index >= 15 is 0 Å². The van der Waals surface area contributed by atoms with Gasteiger partial charge in [-0.15, -0.1) is 0 Å². The van der Waals surface area contributed by atoms with Crippen molar-refractivity contribution < 1.29 is 9.47 Å². The van der Waals surface area contributed by atoms with Gasteiger partial charge in [-0.1, -0.05) is 0 Å². The lowest BCUT2D eigenvalue weighted by atomic mass is 10.3. The van der Waals surface area contributed by atoms with Crippen LogP contribution in [0.25, 0.3) is 0 Å². The molecule has 0 spiro atoms. The van der Waals surface area contributed by atoms with Gasteiger partial charge in [-0.25, -0.2) is 0 Å². The summed E-state index contributed by atoms with van der Waals surface area (Å²) < 4.78 is 12.1. The van der Waals surface area contributed by atoms with E-state index in [1.807, 2.05) is 13.0 Å². The van der Waals surface area contributed by atoms with Gasteiger partial charge >= 0.3 is 6.01 Å². The fraction of sp³-hybridized carbons (Fsp3) is 0.250. The molecule has 0 aliphatic rings. The normalized spacial score (nSPS) is 10.3. The number of nitrogens with two attached hydrogens (primary N) is 1. The Balaban J connectivity index is 2.33. The highest BCUT2D eigenvalue weighted by Gasteiger charge is 2.10. The number of nitrogen functional groups attached to an aromatic ring is 1. The van der Waals surface area contributed by atoms with Gasteiger partial charge in [0.25, 0.3) is 0 Å². The molecule has 9 heteroatoms. The van der Waals surface area contributed by atoms with Crippen LogP contribution in [0.5, 0.6) is 11.8 Å². The molecule has 7 nitrogen and oxygen atoms in total. The Morgan fingerprint density at radius 1 is 1.19 bits per heavy atom. The highest BCUT2D eigenvalue weighted by molar-refractivity contribution is 9.11. The van der Waals surface area contributed by atoms with E-state index in [-0.39, 0.29) is 17.9 Å². The van der Waals surface area contributed by atoms with Crippen LogP contribution < -0.4 is 20.5 Å². The summed E-state index contributed by atoms with van der Waals surface area (Å²) in [7, 11) is 1.59. The van der Waals surface area contributed by atoms with Crippen LogP contribution in [0.4, 0.5) is 17.6 Å². The summed E-state index contributed by atoms with van der Waals surface area (Å²) in [5.41, 5.74) is 6.36. The first-order valence-electron chi connectivity index (χ1n) is 5.98. The van der Waals surface area contributed by atoms with E-state index in [9.17, 15) is 0 Å². The zero-order valence-corrected chi connectivity index (χ0v) is 14.5. The van der Waals surface area contributed by atoms with E-state index in [1.165, 1.54) is 0 Å². The smallest absolute Gasteiger partial charge is 0.323 e. The Bertz CT molecular complexity index is 654. The third-order valence-corrected chi connectivity index (χ3v) is 3.67. The van der Waals surface area contributed by atoms with Crippen molar-refractivity contribution in [2.75, 3.05) is 24.8 Å². The number of methoxy groups -OCH3 is 1. The molecule has 112 valence electrons.